The van der Waals surface area contributed by atoms with Gasteiger partial charge >= 0.3 is 0 Å². The molecule has 19 heavy (non-hydrogen) atoms. The van der Waals surface area contributed by atoms with Crippen LogP contribution in [0.5, 0.6) is 5.75 Å². The van der Waals surface area contributed by atoms with Crippen LogP contribution in [0, 0.1) is 5.82 Å². The third-order valence-electron chi connectivity index (χ3n) is 2.87. The summed E-state index contributed by atoms with van der Waals surface area (Å²) in [5.74, 6) is 1.12. The van der Waals surface area contributed by atoms with E-state index in [9.17, 15) is 4.39 Å². The Morgan fingerprint density at radius 1 is 1.26 bits per heavy atom. The van der Waals surface area contributed by atoms with Gasteiger partial charge in [0.1, 0.15) is 17.3 Å². The van der Waals surface area contributed by atoms with Crippen molar-refractivity contribution in [3.63, 3.8) is 0 Å². The summed E-state index contributed by atoms with van der Waals surface area (Å²) < 4.78 is 24.2. The summed E-state index contributed by atoms with van der Waals surface area (Å²) in [4.78, 5) is 0. The molecular formula is C15H18FNO2. The Hall–Kier alpha value is -1.81. The van der Waals surface area contributed by atoms with E-state index >= 15 is 0 Å². The first kappa shape index (κ1) is 13.6. The van der Waals surface area contributed by atoms with Crippen LogP contribution in [-0.2, 0) is 6.54 Å². The van der Waals surface area contributed by atoms with Gasteiger partial charge in [-0.3, -0.25) is 0 Å². The second-order valence-corrected chi connectivity index (χ2v) is 4.64. The van der Waals surface area contributed by atoms with Gasteiger partial charge in [0.15, 0.2) is 0 Å². The Bertz CT molecular complexity index is 549. The lowest BCUT2D eigenvalue weighted by Gasteiger charge is -2.10. The highest BCUT2D eigenvalue weighted by molar-refractivity contribution is 5.72. The van der Waals surface area contributed by atoms with E-state index in [0.717, 1.165) is 11.3 Å². The number of nitrogens with one attached hydrogen (secondary N) is 1. The van der Waals surface area contributed by atoms with E-state index in [1.54, 1.807) is 19.4 Å². The number of methoxy groups -OCH3 is 1. The van der Waals surface area contributed by atoms with Crippen LogP contribution >= 0.6 is 0 Å². The minimum Gasteiger partial charge on any atom is -0.496 e. The van der Waals surface area contributed by atoms with E-state index in [0.29, 0.717) is 23.9 Å². The van der Waals surface area contributed by atoms with Crippen molar-refractivity contribution in [1.29, 1.82) is 0 Å². The molecular weight excluding hydrogens is 245 g/mol. The Kier molecular flexibility index (Phi) is 4.22. The van der Waals surface area contributed by atoms with Crippen LogP contribution in [0.4, 0.5) is 4.39 Å². The highest BCUT2D eigenvalue weighted by Crippen LogP contribution is 2.33. The second kappa shape index (κ2) is 5.89. The average molecular weight is 263 g/mol. The molecule has 102 valence electrons. The van der Waals surface area contributed by atoms with Crippen molar-refractivity contribution in [1.82, 2.24) is 5.32 Å². The van der Waals surface area contributed by atoms with E-state index in [1.807, 2.05) is 6.07 Å². The number of benzene rings is 1. The van der Waals surface area contributed by atoms with Crippen molar-refractivity contribution in [2.24, 2.45) is 0 Å². The maximum atomic E-state index is 13.4. The summed E-state index contributed by atoms with van der Waals surface area (Å²) in [6.45, 7) is 4.72. The van der Waals surface area contributed by atoms with Crippen LogP contribution < -0.4 is 10.1 Å². The van der Waals surface area contributed by atoms with Gasteiger partial charge in [-0.1, -0.05) is 13.8 Å². The van der Waals surface area contributed by atoms with Crippen molar-refractivity contribution in [3.05, 3.63) is 42.1 Å². The molecule has 1 aromatic heterocycles. The standard InChI is InChI=1S/C15H18FNO2/c1-10(2)17-9-15-12(6-7-19-15)13-8-11(16)4-5-14(13)18-3/h4-8,10,17H,9H2,1-3H3. The van der Waals surface area contributed by atoms with E-state index in [2.05, 4.69) is 19.2 Å². The first-order chi connectivity index (χ1) is 9.11. The molecule has 0 amide bonds. The molecule has 0 bridgehead atoms. The zero-order chi connectivity index (χ0) is 13.8. The molecule has 0 aliphatic carbocycles. The number of halogens is 1. The summed E-state index contributed by atoms with van der Waals surface area (Å²) in [5, 5.41) is 3.28. The quantitative estimate of drug-likeness (QED) is 0.895. The molecule has 2 rings (SSSR count). The SMILES string of the molecule is COc1ccc(F)cc1-c1ccoc1CNC(C)C. The minimum atomic E-state index is -0.292. The van der Waals surface area contributed by atoms with Gasteiger partial charge in [-0.2, -0.15) is 0 Å². The maximum absolute atomic E-state index is 13.4. The van der Waals surface area contributed by atoms with E-state index in [-0.39, 0.29) is 5.82 Å². The van der Waals surface area contributed by atoms with Gasteiger partial charge in [-0.05, 0) is 24.3 Å². The molecule has 0 unspecified atom stereocenters. The van der Waals surface area contributed by atoms with Crippen molar-refractivity contribution in [2.45, 2.75) is 26.4 Å². The molecule has 3 nitrogen and oxygen atoms in total. The fraction of sp³-hybridized carbons (Fsp3) is 0.333. The number of furan rings is 1. The molecule has 0 saturated carbocycles. The Labute approximate surface area is 112 Å². The predicted molar refractivity (Wildman–Crippen MR) is 72.6 cm³/mol. The van der Waals surface area contributed by atoms with Crippen molar-refractivity contribution < 1.29 is 13.5 Å². The molecule has 4 heteroatoms. The first-order valence-electron chi connectivity index (χ1n) is 6.25. The largest absolute Gasteiger partial charge is 0.496 e. The molecule has 1 heterocycles. The van der Waals surface area contributed by atoms with E-state index < -0.39 is 0 Å². The highest BCUT2D eigenvalue weighted by atomic mass is 19.1. The molecule has 0 aliphatic rings. The Morgan fingerprint density at radius 2 is 2.05 bits per heavy atom. The molecule has 0 aliphatic heterocycles. The monoisotopic (exact) mass is 263 g/mol. The minimum absolute atomic E-state index is 0.292. The summed E-state index contributed by atoms with van der Waals surface area (Å²) in [6, 6.07) is 6.65. The van der Waals surface area contributed by atoms with Crippen LogP contribution in [0.2, 0.25) is 0 Å². The number of hydrogen-bond donors (Lipinski definition) is 1. The van der Waals surface area contributed by atoms with Crippen LogP contribution in [0.3, 0.4) is 0 Å². The topological polar surface area (TPSA) is 34.4 Å². The van der Waals surface area contributed by atoms with Gasteiger partial charge in [-0.15, -0.1) is 0 Å². The fourth-order valence-electron chi connectivity index (χ4n) is 1.91. The van der Waals surface area contributed by atoms with Gasteiger partial charge in [0, 0.05) is 17.2 Å². The molecule has 0 saturated heterocycles. The molecule has 1 N–H and O–H groups in total. The van der Waals surface area contributed by atoms with Gasteiger partial charge < -0.3 is 14.5 Å². The molecule has 0 spiro atoms. The van der Waals surface area contributed by atoms with Crippen LogP contribution in [0.15, 0.2) is 34.9 Å². The summed E-state index contributed by atoms with van der Waals surface area (Å²) in [7, 11) is 1.57. The van der Waals surface area contributed by atoms with Crippen LogP contribution in [0.25, 0.3) is 11.1 Å². The number of hydrogen-bond acceptors (Lipinski definition) is 3. The average Bonchev–Trinajstić information content (AvgIpc) is 2.84. The smallest absolute Gasteiger partial charge is 0.127 e. The summed E-state index contributed by atoms with van der Waals surface area (Å²) in [5.41, 5.74) is 1.56. The maximum Gasteiger partial charge on any atom is 0.127 e. The Morgan fingerprint density at radius 3 is 2.74 bits per heavy atom. The van der Waals surface area contributed by atoms with Gasteiger partial charge in [0.05, 0.1) is 19.9 Å². The van der Waals surface area contributed by atoms with Crippen molar-refractivity contribution >= 4 is 0 Å². The molecule has 2 aromatic rings. The highest BCUT2D eigenvalue weighted by Gasteiger charge is 2.14. The van der Waals surface area contributed by atoms with Gasteiger partial charge in [0.2, 0.25) is 0 Å². The van der Waals surface area contributed by atoms with E-state index in [1.165, 1.54) is 12.1 Å². The third-order valence-corrected chi connectivity index (χ3v) is 2.87. The molecule has 0 atom stereocenters. The summed E-state index contributed by atoms with van der Waals surface area (Å²) >= 11 is 0. The molecule has 1 aromatic carbocycles. The third kappa shape index (κ3) is 3.15. The molecule has 0 radical (unpaired) electrons. The van der Waals surface area contributed by atoms with E-state index in [4.69, 9.17) is 9.15 Å². The zero-order valence-electron chi connectivity index (χ0n) is 11.4. The zero-order valence-corrected chi connectivity index (χ0v) is 11.4. The lowest BCUT2D eigenvalue weighted by atomic mass is 10.0. The predicted octanol–water partition coefficient (Wildman–Crippen LogP) is 3.59. The first-order valence-corrected chi connectivity index (χ1v) is 6.25. The van der Waals surface area contributed by atoms with Crippen molar-refractivity contribution in [3.8, 4) is 16.9 Å². The van der Waals surface area contributed by atoms with Crippen LogP contribution in [-0.4, -0.2) is 13.2 Å². The van der Waals surface area contributed by atoms with Crippen LogP contribution in [0.1, 0.15) is 19.6 Å². The van der Waals surface area contributed by atoms with Crippen molar-refractivity contribution in [2.75, 3.05) is 7.11 Å². The fourth-order valence-corrected chi connectivity index (χ4v) is 1.91. The van der Waals surface area contributed by atoms with Gasteiger partial charge in [0.25, 0.3) is 0 Å². The lowest BCUT2D eigenvalue weighted by Crippen LogP contribution is -2.21. The Balaban J connectivity index is 2.36. The second-order valence-electron chi connectivity index (χ2n) is 4.64. The number of ether oxygens (including phenoxy) is 1. The number of rotatable bonds is 5. The molecule has 0 fully saturated rings. The summed E-state index contributed by atoms with van der Waals surface area (Å²) in [6.07, 6.45) is 1.61. The lowest BCUT2D eigenvalue weighted by molar-refractivity contribution is 0.415. The van der Waals surface area contributed by atoms with Gasteiger partial charge in [-0.25, -0.2) is 4.39 Å². The normalized spacial score (nSPS) is 11.0.